The molecule has 1 unspecified atom stereocenters. The first-order valence-electron chi connectivity index (χ1n) is 16.5. The van der Waals surface area contributed by atoms with Gasteiger partial charge in [0.05, 0.1) is 0 Å². The molecule has 0 amide bonds. The van der Waals surface area contributed by atoms with Crippen molar-refractivity contribution in [2.75, 3.05) is 0 Å². The second-order valence-electron chi connectivity index (χ2n) is 15.8. The summed E-state index contributed by atoms with van der Waals surface area (Å²) in [5, 5.41) is 7.17. The van der Waals surface area contributed by atoms with Gasteiger partial charge < -0.3 is 24.8 Å². The van der Waals surface area contributed by atoms with Gasteiger partial charge in [-0.3, -0.25) is 6.08 Å². The van der Waals surface area contributed by atoms with E-state index in [2.05, 4.69) is 130 Å². The van der Waals surface area contributed by atoms with Gasteiger partial charge in [0.15, 0.2) is 0 Å². The Morgan fingerprint density at radius 2 is 1.20 bits per heavy atom. The first-order valence-corrected chi connectivity index (χ1v) is 21.2. The van der Waals surface area contributed by atoms with Crippen molar-refractivity contribution < 1.29 is 49.0 Å². The van der Waals surface area contributed by atoms with E-state index < -0.39 is 8.07 Å². The van der Waals surface area contributed by atoms with Gasteiger partial charge >= 0.3 is 59.5 Å². The van der Waals surface area contributed by atoms with E-state index in [1.54, 1.807) is 32.6 Å². The van der Waals surface area contributed by atoms with Gasteiger partial charge in [-0.05, 0) is 44.2 Å². The van der Waals surface area contributed by atoms with E-state index in [-0.39, 0.29) is 35.6 Å². The van der Waals surface area contributed by atoms with Crippen LogP contribution in [0.2, 0.25) is 19.6 Å². The van der Waals surface area contributed by atoms with E-state index >= 15 is 0 Å². The summed E-state index contributed by atoms with van der Waals surface area (Å²) in [7, 11) is -1.07. The van der Waals surface area contributed by atoms with E-state index in [1.165, 1.54) is 92.6 Å². The molecule has 7 rings (SSSR count). The molecule has 0 N–H and O–H groups in total. The van der Waals surface area contributed by atoms with Crippen LogP contribution in [-0.4, -0.2) is 11.3 Å². The fourth-order valence-electron chi connectivity index (χ4n) is 7.84. The molecule has 1 saturated carbocycles. The van der Waals surface area contributed by atoms with Crippen LogP contribution in [0.1, 0.15) is 110 Å². The molecular formula is C41H52Cl2SiZr-2. The molecule has 0 aromatic heterocycles. The normalized spacial score (nSPS) is 20.7. The number of benzene rings is 2. The van der Waals surface area contributed by atoms with Crippen LogP contribution in [0.15, 0.2) is 59.3 Å². The predicted octanol–water partition coefficient (Wildman–Crippen LogP) is 5.97. The van der Waals surface area contributed by atoms with E-state index in [0.717, 1.165) is 0 Å². The van der Waals surface area contributed by atoms with Crippen molar-refractivity contribution in [3.05, 3.63) is 87.7 Å². The number of fused-ring (bicyclic) bond motifs is 5. The molecule has 0 saturated heterocycles. The van der Waals surface area contributed by atoms with Crippen LogP contribution in [0.4, 0.5) is 0 Å². The molecule has 4 heteroatoms. The topological polar surface area (TPSA) is 0 Å². The maximum atomic E-state index is 3.43. The number of hydrogen-bond acceptors (Lipinski definition) is 0. The summed E-state index contributed by atoms with van der Waals surface area (Å²) in [6, 6.07) is 12.1. The molecule has 4 aliphatic rings. The Balaban J connectivity index is 0.000000230. The van der Waals surface area contributed by atoms with Crippen LogP contribution < -0.4 is 24.8 Å². The van der Waals surface area contributed by atoms with Crippen LogP contribution in [0, 0.1) is 12.0 Å². The van der Waals surface area contributed by atoms with Gasteiger partial charge in [0, 0.05) is 10.8 Å². The third-order valence-electron chi connectivity index (χ3n) is 9.90. The van der Waals surface area contributed by atoms with Gasteiger partial charge in [0.25, 0.3) is 0 Å². The summed E-state index contributed by atoms with van der Waals surface area (Å²) >= 11 is 1.69. The second kappa shape index (κ2) is 14.1. The summed E-state index contributed by atoms with van der Waals surface area (Å²) < 4.78 is 1.80. The van der Waals surface area contributed by atoms with Crippen LogP contribution >= 0.6 is 0 Å². The Morgan fingerprint density at radius 1 is 0.756 bits per heavy atom. The van der Waals surface area contributed by atoms with Crippen molar-refractivity contribution in [1.82, 2.24) is 0 Å². The molecule has 0 spiro atoms. The Labute approximate surface area is 302 Å². The third kappa shape index (κ3) is 7.94. The number of hydrogen-bond donors (Lipinski definition) is 0. The first-order chi connectivity index (χ1) is 20.0. The average molecular weight is 735 g/mol. The summed E-state index contributed by atoms with van der Waals surface area (Å²) in [6.07, 6.45) is 17.9. The molecule has 240 valence electrons. The van der Waals surface area contributed by atoms with Crippen molar-refractivity contribution >= 4 is 44.0 Å². The minimum absolute atomic E-state index is 0. The van der Waals surface area contributed by atoms with Crippen molar-refractivity contribution in [3.8, 4) is 0 Å². The number of allylic oxidation sites excluding steroid dienone is 8. The zero-order chi connectivity index (χ0) is 31.5. The third-order valence-corrected chi connectivity index (χ3v) is 13.3. The molecule has 0 heterocycles. The number of rotatable bonds is 1. The van der Waals surface area contributed by atoms with E-state index in [4.69, 9.17) is 0 Å². The molecule has 1 atom stereocenters. The van der Waals surface area contributed by atoms with Gasteiger partial charge in [0.2, 0.25) is 0 Å². The fourth-order valence-corrected chi connectivity index (χ4v) is 10.7. The molecule has 0 bridgehead atoms. The van der Waals surface area contributed by atoms with E-state index in [0.29, 0.717) is 5.92 Å². The monoisotopic (exact) mass is 732 g/mol. The van der Waals surface area contributed by atoms with E-state index in [9.17, 15) is 0 Å². The second-order valence-corrected chi connectivity index (χ2v) is 22.5. The predicted molar refractivity (Wildman–Crippen MR) is 192 cm³/mol. The Bertz CT molecular complexity index is 1630. The molecule has 45 heavy (non-hydrogen) atoms. The minimum atomic E-state index is -1.07. The molecule has 0 aliphatic heterocycles. The zero-order valence-electron chi connectivity index (χ0n) is 29.5. The average Bonchev–Trinajstić information content (AvgIpc) is 3.57. The van der Waals surface area contributed by atoms with Crippen molar-refractivity contribution in [2.45, 2.75) is 118 Å². The van der Waals surface area contributed by atoms with Gasteiger partial charge in [-0.1, -0.05) is 103 Å². The maximum absolute atomic E-state index is 3.43. The molecule has 3 aromatic carbocycles. The SMILES string of the molecule is CC1=CC(C)(C)c2cc3[cH-]c4cc5c(cc4c3cc21)C(C)=CC5(C)C.CC1=[C-]C(C)C=C1[Si](C)(C)C.[Cl-].[Cl-].[Zr+2]=[C]1CCCCC1. The quantitative estimate of drug-likeness (QED) is 0.214. The van der Waals surface area contributed by atoms with Crippen LogP contribution in [0.25, 0.3) is 32.7 Å². The first kappa shape index (κ1) is 38.3. The molecule has 0 nitrogen and oxygen atoms in total. The Morgan fingerprint density at radius 3 is 1.51 bits per heavy atom. The van der Waals surface area contributed by atoms with Gasteiger partial charge in [0.1, 0.15) is 0 Å². The fraction of sp³-hybridized carbons (Fsp3) is 0.463. The Hall–Kier alpha value is -1.18. The zero-order valence-corrected chi connectivity index (χ0v) is 34.5. The van der Waals surface area contributed by atoms with Crippen molar-refractivity contribution in [3.63, 3.8) is 0 Å². The van der Waals surface area contributed by atoms with Crippen molar-refractivity contribution in [1.29, 1.82) is 0 Å². The summed E-state index contributed by atoms with van der Waals surface area (Å²) in [5.41, 5.74) is 10.3. The van der Waals surface area contributed by atoms with Gasteiger partial charge in [-0.2, -0.15) is 6.08 Å². The van der Waals surface area contributed by atoms with Crippen molar-refractivity contribution in [2.24, 2.45) is 5.92 Å². The van der Waals surface area contributed by atoms with Crippen LogP contribution in [0.5, 0.6) is 0 Å². The van der Waals surface area contributed by atoms with Gasteiger partial charge in [-0.15, -0.1) is 39.7 Å². The summed E-state index contributed by atoms with van der Waals surface area (Å²) in [4.78, 5) is 0. The summed E-state index contributed by atoms with van der Waals surface area (Å²) in [6.45, 7) is 25.3. The molecule has 0 radical (unpaired) electrons. The Kier molecular flexibility index (Phi) is 12.0. The number of halogens is 2. The molecule has 1 fully saturated rings. The van der Waals surface area contributed by atoms with E-state index in [1.807, 2.05) is 0 Å². The molecular weight excluding hydrogens is 683 g/mol. The van der Waals surface area contributed by atoms with Crippen LogP contribution in [0.3, 0.4) is 0 Å². The summed E-state index contributed by atoms with van der Waals surface area (Å²) in [5.74, 6) is 0.553. The van der Waals surface area contributed by atoms with Crippen LogP contribution in [-0.2, 0) is 35.1 Å². The van der Waals surface area contributed by atoms with Gasteiger partial charge in [-0.25, -0.2) is 10.8 Å². The standard InChI is InChI=1S/C25H25.C10H17Si.C6H10.2ClH.Zr/c1-14-12-24(3,4)22-8-16-7-17-9-23-19(15(2)13-25(23,5)6)11-21(17)20(16)10-18(14)22;1-8-6-9(2)10(7-8)11(3,4)5;1-2-4-6-5-3-1;;;/h7-13H,1-6H3;7-8H,1-5H3;1-5H2;2*1H;/q2*-1;;;;+2/p-2. The molecule has 4 aliphatic carbocycles. The molecule has 3 aromatic rings.